The third-order valence-electron chi connectivity index (χ3n) is 4.76. The molecule has 0 atom stereocenters. The fourth-order valence-corrected chi connectivity index (χ4v) is 3.50. The summed E-state index contributed by atoms with van der Waals surface area (Å²) in [5.74, 6) is 0.655. The Morgan fingerprint density at radius 1 is 0.810 bits per heavy atom. The fraction of sp³-hybridized carbons (Fsp3) is 0.400. The summed E-state index contributed by atoms with van der Waals surface area (Å²) in [7, 11) is 0. The van der Waals surface area contributed by atoms with Gasteiger partial charge < -0.3 is 0 Å². The molecular weight excluding hydrogens is 259 g/mol. The Hall–Kier alpha value is -1.63. The van der Waals surface area contributed by atoms with Gasteiger partial charge in [-0.25, -0.2) is 4.39 Å². The van der Waals surface area contributed by atoms with Crippen molar-refractivity contribution >= 4 is 0 Å². The van der Waals surface area contributed by atoms with Crippen LogP contribution in [0.25, 0.3) is 11.1 Å². The highest BCUT2D eigenvalue weighted by molar-refractivity contribution is 5.65. The van der Waals surface area contributed by atoms with Gasteiger partial charge in [-0.15, -0.1) is 0 Å². The Kier molecular flexibility index (Phi) is 4.10. The molecule has 0 heterocycles. The van der Waals surface area contributed by atoms with Crippen LogP contribution in [0.5, 0.6) is 0 Å². The zero-order chi connectivity index (χ0) is 14.8. The quantitative estimate of drug-likeness (QED) is 0.619. The lowest BCUT2D eigenvalue weighted by Crippen LogP contribution is -2.04. The van der Waals surface area contributed by atoms with Crippen LogP contribution >= 0.6 is 0 Å². The van der Waals surface area contributed by atoms with Crippen molar-refractivity contribution in [3.63, 3.8) is 0 Å². The molecule has 1 aliphatic rings. The molecule has 110 valence electrons. The zero-order valence-electron chi connectivity index (χ0n) is 13.0. The lowest BCUT2D eigenvalue weighted by molar-refractivity contribution is 0.443. The second-order valence-corrected chi connectivity index (χ2v) is 6.38. The van der Waals surface area contributed by atoms with E-state index < -0.39 is 0 Å². The first-order valence-corrected chi connectivity index (χ1v) is 8.02. The number of halogens is 1. The molecule has 0 aromatic heterocycles. The van der Waals surface area contributed by atoms with Gasteiger partial charge in [-0.2, -0.15) is 0 Å². The average Bonchev–Trinajstić information content (AvgIpc) is 2.53. The SMILES string of the molecule is Cc1cc(-c2ccc(C3CCCCC3)cc2)cc(C)c1F. The summed E-state index contributed by atoms with van der Waals surface area (Å²) in [4.78, 5) is 0. The topological polar surface area (TPSA) is 0 Å². The Labute approximate surface area is 127 Å². The Bertz CT molecular complexity index is 596. The summed E-state index contributed by atoms with van der Waals surface area (Å²) in [5, 5.41) is 0. The second-order valence-electron chi connectivity index (χ2n) is 6.38. The monoisotopic (exact) mass is 282 g/mol. The fourth-order valence-electron chi connectivity index (χ4n) is 3.50. The number of rotatable bonds is 2. The lowest BCUT2D eigenvalue weighted by Gasteiger charge is -2.22. The summed E-state index contributed by atoms with van der Waals surface area (Å²) in [5.41, 5.74) is 5.21. The molecular formula is C20H23F. The van der Waals surface area contributed by atoms with E-state index in [9.17, 15) is 4.39 Å². The van der Waals surface area contributed by atoms with E-state index in [0.717, 1.165) is 22.6 Å². The number of hydrogen-bond donors (Lipinski definition) is 0. The molecule has 0 nitrogen and oxygen atoms in total. The number of aryl methyl sites for hydroxylation is 2. The standard InChI is InChI=1S/C20H23F/c1-14-12-19(13-15(2)20(14)21)18-10-8-17(9-11-18)16-6-4-3-5-7-16/h8-13,16H,3-7H2,1-2H3. The third-order valence-corrected chi connectivity index (χ3v) is 4.76. The highest BCUT2D eigenvalue weighted by Gasteiger charge is 2.15. The molecule has 0 saturated heterocycles. The van der Waals surface area contributed by atoms with E-state index in [1.54, 1.807) is 0 Å². The van der Waals surface area contributed by atoms with E-state index >= 15 is 0 Å². The van der Waals surface area contributed by atoms with Gasteiger partial charge in [-0.1, -0.05) is 43.5 Å². The molecule has 1 heteroatoms. The van der Waals surface area contributed by atoms with Gasteiger partial charge >= 0.3 is 0 Å². The molecule has 21 heavy (non-hydrogen) atoms. The Morgan fingerprint density at radius 3 is 1.95 bits per heavy atom. The predicted molar refractivity (Wildman–Crippen MR) is 87.1 cm³/mol. The smallest absolute Gasteiger partial charge is 0.129 e. The Morgan fingerprint density at radius 2 is 1.38 bits per heavy atom. The molecule has 1 fully saturated rings. The van der Waals surface area contributed by atoms with Crippen molar-refractivity contribution in [2.24, 2.45) is 0 Å². The van der Waals surface area contributed by atoms with Crippen molar-refractivity contribution in [3.05, 3.63) is 58.9 Å². The van der Waals surface area contributed by atoms with Crippen LogP contribution in [0.2, 0.25) is 0 Å². The largest absolute Gasteiger partial charge is 0.206 e. The molecule has 1 saturated carbocycles. The molecule has 0 bridgehead atoms. The molecule has 0 unspecified atom stereocenters. The highest BCUT2D eigenvalue weighted by atomic mass is 19.1. The van der Waals surface area contributed by atoms with Crippen LogP contribution in [0, 0.1) is 19.7 Å². The van der Waals surface area contributed by atoms with E-state index in [2.05, 4.69) is 24.3 Å². The van der Waals surface area contributed by atoms with Crippen LogP contribution in [-0.2, 0) is 0 Å². The molecule has 1 aliphatic carbocycles. The van der Waals surface area contributed by atoms with Crippen LogP contribution in [-0.4, -0.2) is 0 Å². The third kappa shape index (κ3) is 3.02. The molecule has 0 spiro atoms. The maximum absolute atomic E-state index is 13.7. The lowest BCUT2D eigenvalue weighted by atomic mass is 9.83. The first-order valence-electron chi connectivity index (χ1n) is 8.02. The number of hydrogen-bond acceptors (Lipinski definition) is 0. The molecule has 0 radical (unpaired) electrons. The van der Waals surface area contributed by atoms with Gasteiger partial charge in [0, 0.05) is 0 Å². The number of benzene rings is 2. The van der Waals surface area contributed by atoms with Crippen molar-refractivity contribution in [2.45, 2.75) is 51.9 Å². The van der Waals surface area contributed by atoms with Gasteiger partial charge in [0.25, 0.3) is 0 Å². The molecule has 0 aliphatic heterocycles. The minimum absolute atomic E-state index is 0.0856. The summed E-state index contributed by atoms with van der Waals surface area (Å²) in [6.45, 7) is 3.67. The molecule has 2 aromatic carbocycles. The summed E-state index contributed by atoms with van der Waals surface area (Å²) in [6.07, 6.45) is 6.77. The van der Waals surface area contributed by atoms with Gasteiger partial charge in [0.1, 0.15) is 5.82 Å². The van der Waals surface area contributed by atoms with Crippen molar-refractivity contribution < 1.29 is 4.39 Å². The zero-order valence-corrected chi connectivity index (χ0v) is 13.0. The molecule has 0 amide bonds. The maximum atomic E-state index is 13.7. The van der Waals surface area contributed by atoms with Gasteiger partial charge in [-0.05, 0) is 72.6 Å². The van der Waals surface area contributed by atoms with E-state index in [1.165, 1.54) is 43.2 Å². The predicted octanol–water partition coefficient (Wildman–Crippen LogP) is 6.16. The molecule has 2 aromatic rings. The average molecular weight is 282 g/mol. The highest BCUT2D eigenvalue weighted by Crippen LogP contribution is 2.34. The first kappa shape index (κ1) is 14.3. The van der Waals surface area contributed by atoms with E-state index in [0.29, 0.717) is 0 Å². The van der Waals surface area contributed by atoms with Gasteiger partial charge in [0.2, 0.25) is 0 Å². The summed E-state index contributed by atoms with van der Waals surface area (Å²) >= 11 is 0. The van der Waals surface area contributed by atoms with Crippen molar-refractivity contribution in [1.29, 1.82) is 0 Å². The van der Waals surface area contributed by atoms with Crippen molar-refractivity contribution in [2.75, 3.05) is 0 Å². The minimum atomic E-state index is -0.0856. The van der Waals surface area contributed by atoms with Gasteiger partial charge in [-0.3, -0.25) is 0 Å². The van der Waals surface area contributed by atoms with Gasteiger partial charge in [0.15, 0.2) is 0 Å². The van der Waals surface area contributed by atoms with Crippen LogP contribution in [0.3, 0.4) is 0 Å². The summed E-state index contributed by atoms with van der Waals surface area (Å²) in [6, 6.07) is 12.8. The van der Waals surface area contributed by atoms with Crippen LogP contribution in [0.1, 0.15) is 54.7 Å². The molecule has 3 rings (SSSR count). The van der Waals surface area contributed by atoms with Crippen molar-refractivity contribution in [1.82, 2.24) is 0 Å². The molecule has 0 N–H and O–H groups in total. The van der Waals surface area contributed by atoms with Gasteiger partial charge in [0.05, 0.1) is 0 Å². The second kappa shape index (κ2) is 6.01. The van der Waals surface area contributed by atoms with Crippen molar-refractivity contribution in [3.8, 4) is 11.1 Å². The van der Waals surface area contributed by atoms with Crippen LogP contribution in [0.15, 0.2) is 36.4 Å². The Balaban J connectivity index is 1.87. The first-order chi connectivity index (χ1) is 10.1. The van der Waals surface area contributed by atoms with Crippen LogP contribution in [0.4, 0.5) is 4.39 Å². The maximum Gasteiger partial charge on any atom is 0.129 e. The normalized spacial score (nSPS) is 16.1. The minimum Gasteiger partial charge on any atom is -0.206 e. The van der Waals surface area contributed by atoms with E-state index in [-0.39, 0.29) is 5.82 Å². The van der Waals surface area contributed by atoms with E-state index in [1.807, 2.05) is 26.0 Å². The van der Waals surface area contributed by atoms with Crippen LogP contribution < -0.4 is 0 Å². The van der Waals surface area contributed by atoms with E-state index in [4.69, 9.17) is 0 Å². The summed E-state index contributed by atoms with van der Waals surface area (Å²) < 4.78 is 13.7.